The zero-order chi connectivity index (χ0) is 21.6. The minimum atomic E-state index is -0.103. The monoisotopic (exact) mass is 495 g/mol. The molecule has 0 spiro atoms. The second-order valence-electron chi connectivity index (χ2n) is 7.47. The van der Waals surface area contributed by atoms with Crippen LogP contribution in [0.5, 0.6) is 5.75 Å². The van der Waals surface area contributed by atoms with Crippen LogP contribution in [-0.4, -0.2) is 61.8 Å². The molecule has 1 aliphatic rings. The molecule has 0 atom stereocenters. The number of rotatable bonds is 8. The third-order valence-corrected chi connectivity index (χ3v) is 6.79. The molecule has 2 heterocycles. The van der Waals surface area contributed by atoms with Crippen molar-refractivity contribution in [3.05, 3.63) is 53.1 Å². The Hall–Kier alpha value is -1.90. The van der Waals surface area contributed by atoms with Crippen LogP contribution in [0.4, 0.5) is 5.13 Å². The number of halogens is 2. The fourth-order valence-corrected chi connectivity index (χ4v) is 4.77. The number of hydrogen-bond acceptors (Lipinski definition) is 6. The first-order valence-corrected chi connectivity index (χ1v) is 11.7. The van der Waals surface area contributed by atoms with Gasteiger partial charge in [0.25, 0.3) is 5.91 Å². The molecule has 4 rings (SSSR count). The van der Waals surface area contributed by atoms with E-state index in [-0.39, 0.29) is 24.9 Å². The molecule has 1 aliphatic heterocycles. The van der Waals surface area contributed by atoms with Crippen LogP contribution in [0, 0.1) is 6.92 Å². The van der Waals surface area contributed by atoms with Gasteiger partial charge in [-0.05, 0) is 43.2 Å². The number of aryl methyl sites for hydroxylation is 1. The van der Waals surface area contributed by atoms with E-state index in [4.69, 9.17) is 26.1 Å². The van der Waals surface area contributed by atoms with E-state index >= 15 is 0 Å². The van der Waals surface area contributed by atoms with E-state index in [2.05, 4.69) is 4.90 Å². The number of carbonyl (C=O) groups is 1. The van der Waals surface area contributed by atoms with Crippen LogP contribution in [0.1, 0.15) is 12.0 Å². The van der Waals surface area contributed by atoms with Gasteiger partial charge in [0.2, 0.25) is 0 Å². The van der Waals surface area contributed by atoms with Gasteiger partial charge in [0.15, 0.2) is 11.7 Å². The number of aromatic nitrogens is 1. The van der Waals surface area contributed by atoms with Crippen LogP contribution in [-0.2, 0) is 9.53 Å². The summed E-state index contributed by atoms with van der Waals surface area (Å²) in [4.78, 5) is 22.0. The predicted molar refractivity (Wildman–Crippen MR) is 133 cm³/mol. The Kier molecular flexibility index (Phi) is 9.13. The fourth-order valence-electron chi connectivity index (χ4n) is 3.55. The van der Waals surface area contributed by atoms with Gasteiger partial charge in [-0.1, -0.05) is 41.1 Å². The molecule has 0 saturated carbocycles. The highest BCUT2D eigenvalue weighted by atomic mass is 35.5. The number of morpholine rings is 1. The zero-order valence-electron chi connectivity index (χ0n) is 18.0. The Morgan fingerprint density at radius 3 is 2.72 bits per heavy atom. The van der Waals surface area contributed by atoms with Gasteiger partial charge in [0.1, 0.15) is 5.75 Å². The summed E-state index contributed by atoms with van der Waals surface area (Å²) in [6, 6.07) is 13.2. The van der Waals surface area contributed by atoms with Gasteiger partial charge in [-0.3, -0.25) is 14.6 Å². The van der Waals surface area contributed by atoms with Gasteiger partial charge in [-0.15, -0.1) is 12.4 Å². The Morgan fingerprint density at radius 1 is 1.22 bits per heavy atom. The quantitative estimate of drug-likeness (QED) is 0.448. The number of nitrogens with zero attached hydrogens (tertiary/aromatic N) is 3. The van der Waals surface area contributed by atoms with E-state index in [0.29, 0.717) is 22.4 Å². The van der Waals surface area contributed by atoms with Crippen LogP contribution >= 0.6 is 35.3 Å². The third-order valence-electron chi connectivity index (χ3n) is 5.33. The van der Waals surface area contributed by atoms with Crippen molar-refractivity contribution in [3.8, 4) is 5.75 Å². The SMILES string of the molecule is Cc1c(Cl)ccc2sc(N(CCCN3CCOCC3)C(=O)COc3ccccc3)nc12.Cl. The Bertz CT molecular complexity index is 1030. The minimum absolute atomic E-state index is 0. The molecule has 0 N–H and O–H groups in total. The van der Waals surface area contributed by atoms with E-state index in [0.717, 1.165) is 55.0 Å². The van der Waals surface area contributed by atoms with E-state index < -0.39 is 0 Å². The van der Waals surface area contributed by atoms with Crippen LogP contribution in [0.25, 0.3) is 10.2 Å². The predicted octanol–water partition coefficient (Wildman–Crippen LogP) is 4.81. The molecule has 32 heavy (non-hydrogen) atoms. The second-order valence-corrected chi connectivity index (χ2v) is 8.89. The van der Waals surface area contributed by atoms with Gasteiger partial charge in [0.05, 0.1) is 23.4 Å². The van der Waals surface area contributed by atoms with Crippen molar-refractivity contribution in [2.24, 2.45) is 0 Å². The number of para-hydroxylation sites is 1. The first-order valence-electron chi connectivity index (χ1n) is 10.5. The lowest BCUT2D eigenvalue weighted by molar-refractivity contribution is -0.120. The molecule has 1 aromatic heterocycles. The molecule has 6 nitrogen and oxygen atoms in total. The molecule has 172 valence electrons. The van der Waals surface area contributed by atoms with Crippen LogP contribution < -0.4 is 9.64 Å². The summed E-state index contributed by atoms with van der Waals surface area (Å²) < 4.78 is 12.2. The molecule has 0 aliphatic carbocycles. The van der Waals surface area contributed by atoms with Crippen molar-refractivity contribution in [1.29, 1.82) is 0 Å². The van der Waals surface area contributed by atoms with Crippen LogP contribution in [0.2, 0.25) is 5.02 Å². The number of hydrogen-bond donors (Lipinski definition) is 0. The summed E-state index contributed by atoms with van der Waals surface area (Å²) >= 11 is 7.79. The van der Waals surface area contributed by atoms with E-state index in [1.54, 1.807) is 4.90 Å². The number of carbonyl (C=O) groups excluding carboxylic acids is 1. The average Bonchev–Trinajstić information content (AvgIpc) is 3.24. The van der Waals surface area contributed by atoms with E-state index in [1.807, 2.05) is 49.4 Å². The van der Waals surface area contributed by atoms with Gasteiger partial charge in [0, 0.05) is 31.2 Å². The smallest absolute Gasteiger partial charge is 0.266 e. The number of benzene rings is 2. The summed E-state index contributed by atoms with van der Waals surface area (Å²) in [5, 5.41) is 1.37. The lowest BCUT2D eigenvalue weighted by Crippen LogP contribution is -2.40. The van der Waals surface area contributed by atoms with Crippen molar-refractivity contribution in [3.63, 3.8) is 0 Å². The fraction of sp³-hybridized carbons (Fsp3) is 0.391. The Labute approximate surface area is 203 Å². The largest absolute Gasteiger partial charge is 0.484 e. The van der Waals surface area contributed by atoms with Crippen LogP contribution in [0.3, 0.4) is 0 Å². The van der Waals surface area contributed by atoms with Crippen LogP contribution in [0.15, 0.2) is 42.5 Å². The number of anilines is 1. The number of amides is 1. The van der Waals surface area contributed by atoms with E-state index in [9.17, 15) is 4.79 Å². The second kappa shape index (κ2) is 11.8. The Morgan fingerprint density at radius 2 is 1.97 bits per heavy atom. The van der Waals surface area contributed by atoms with Crippen molar-refractivity contribution in [2.75, 3.05) is 50.9 Å². The van der Waals surface area contributed by atoms with Crippen molar-refractivity contribution in [2.45, 2.75) is 13.3 Å². The molecule has 1 amide bonds. The number of fused-ring (bicyclic) bond motifs is 1. The topological polar surface area (TPSA) is 54.9 Å². The first kappa shape index (κ1) is 24.7. The molecule has 1 saturated heterocycles. The van der Waals surface area contributed by atoms with Gasteiger partial charge in [-0.25, -0.2) is 4.98 Å². The highest BCUT2D eigenvalue weighted by Gasteiger charge is 2.22. The van der Waals surface area contributed by atoms with Gasteiger partial charge < -0.3 is 9.47 Å². The van der Waals surface area contributed by atoms with E-state index in [1.165, 1.54) is 11.3 Å². The number of ether oxygens (including phenoxy) is 2. The summed E-state index contributed by atoms with van der Waals surface area (Å²) in [5.74, 6) is 0.574. The normalized spacial score (nSPS) is 14.2. The van der Waals surface area contributed by atoms with Crippen molar-refractivity contribution in [1.82, 2.24) is 9.88 Å². The average molecular weight is 496 g/mol. The molecule has 0 bridgehead atoms. The molecule has 1 fully saturated rings. The summed E-state index contributed by atoms with van der Waals surface area (Å²) in [6.07, 6.45) is 0.854. The molecule has 3 aromatic rings. The highest BCUT2D eigenvalue weighted by Crippen LogP contribution is 2.33. The molecular formula is C23H27Cl2N3O3S. The highest BCUT2D eigenvalue weighted by molar-refractivity contribution is 7.22. The lowest BCUT2D eigenvalue weighted by Gasteiger charge is -2.27. The van der Waals surface area contributed by atoms with Crippen molar-refractivity contribution >= 4 is 56.6 Å². The zero-order valence-corrected chi connectivity index (χ0v) is 20.3. The first-order chi connectivity index (χ1) is 15.1. The van der Waals surface area contributed by atoms with Gasteiger partial charge >= 0.3 is 0 Å². The maximum atomic E-state index is 13.1. The molecule has 9 heteroatoms. The summed E-state index contributed by atoms with van der Waals surface area (Å²) in [7, 11) is 0. The standard InChI is InChI=1S/C23H26ClN3O3S.ClH/c1-17-19(24)8-9-20-22(17)25-23(31-20)27(11-5-10-26-12-14-29-15-13-26)21(28)16-30-18-6-3-2-4-7-18;/h2-4,6-9H,5,10-16H2,1H3;1H. The summed E-state index contributed by atoms with van der Waals surface area (Å²) in [5.41, 5.74) is 1.78. The third kappa shape index (κ3) is 6.11. The minimum Gasteiger partial charge on any atom is -0.484 e. The van der Waals surface area contributed by atoms with Gasteiger partial charge in [-0.2, -0.15) is 0 Å². The Balaban J connectivity index is 0.00000289. The maximum absolute atomic E-state index is 13.1. The van der Waals surface area contributed by atoms with Crippen molar-refractivity contribution < 1.29 is 14.3 Å². The molecule has 2 aromatic carbocycles. The summed E-state index contributed by atoms with van der Waals surface area (Å²) in [6.45, 7) is 6.84. The maximum Gasteiger partial charge on any atom is 0.266 e. The number of thiazole rings is 1. The molecule has 0 unspecified atom stereocenters. The molecule has 0 radical (unpaired) electrons. The lowest BCUT2D eigenvalue weighted by atomic mass is 10.2. The molecular weight excluding hydrogens is 469 g/mol.